The van der Waals surface area contributed by atoms with Gasteiger partial charge in [-0.15, -0.1) is 0 Å². The molecule has 1 amide bonds. The van der Waals surface area contributed by atoms with Crippen molar-refractivity contribution < 1.29 is 24.6 Å². The molecule has 1 fully saturated rings. The van der Waals surface area contributed by atoms with Crippen LogP contribution >= 0.6 is 0 Å². The Morgan fingerprint density at radius 2 is 1.72 bits per heavy atom. The predicted molar refractivity (Wildman–Crippen MR) is 62.1 cm³/mol. The summed E-state index contributed by atoms with van der Waals surface area (Å²) in [6.07, 6.45) is 1.15. The maximum absolute atomic E-state index is 11.7. The fourth-order valence-electron chi connectivity index (χ4n) is 1.98. The summed E-state index contributed by atoms with van der Waals surface area (Å²) in [5.74, 6) is -2.07. The Morgan fingerprint density at radius 1 is 1.11 bits per heavy atom. The van der Waals surface area contributed by atoms with Crippen LogP contribution in [-0.2, 0) is 14.4 Å². The molecule has 3 N–H and O–H groups in total. The highest BCUT2D eigenvalue weighted by Gasteiger charge is 2.25. The van der Waals surface area contributed by atoms with Gasteiger partial charge in [0.15, 0.2) is 0 Å². The third kappa shape index (κ3) is 5.13. The second-order valence-corrected chi connectivity index (χ2v) is 4.38. The minimum absolute atomic E-state index is 0.00729. The monoisotopic (exact) mass is 258 g/mol. The maximum atomic E-state index is 11.7. The minimum Gasteiger partial charge on any atom is -0.481 e. The number of hydrogen-bond donors (Lipinski definition) is 3. The third-order valence-electron chi connectivity index (χ3n) is 2.96. The van der Waals surface area contributed by atoms with Gasteiger partial charge in [-0.1, -0.05) is 0 Å². The molecule has 0 spiro atoms. The second-order valence-electron chi connectivity index (χ2n) is 4.38. The van der Waals surface area contributed by atoms with Gasteiger partial charge >= 0.3 is 11.9 Å². The molecule has 1 saturated heterocycles. The Balaban J connectivity index is 2.23. The van der Waals surface area contributed by atoms with Crippen LogP contribution in [0.4, 0.5) is 0 Å². The van der Waals surface area contributed by atoms with E-state index in [1.165, 1.54) is 0 Å². The number of rotatable bonds is 6. The van der Waals surface area contributed by atoms with Crippen LogP contribution < -0.4 is 5.32 Å². The number of nitrogens with zero attached hydrogens (tertiary/aromatic N) is 1. The summed E-state index contributed by atoms with van der Waals surface area (Å²) in [6, 6.07) is 0. The van der Waals surface area contributed by atoms with Gasteiger partial charge in [0.1, 0.15) is 0 Å². The molecule has 0 unspecified atom stereocenters. The summed E-state index contributed by atoms with van der Waals surface area (Å²) in [6.45, 7) is 1.32. The van der Waals surface area contributed by atoms with Gasteiger partial charge in [0.25, 0.3) is 0 Å². The zero-order valence-corrected chi connectivity index (χ0v) is 10.1. The van der Waals surface area contributed by atoms with Crippen LogP contribution in [0.3, 0.4) is 0 Å². The van der Waals surface area contributed by atoms with Gasteiger partial charge in [-0.05, 0) is 25.9 Å². The molecule has 0 bridgehead atoms. The molecule has 0 aromatic carbocycles. The number of carboxylic acids is 2. The van der Waals surface area contributed by atoms with Gasteiger partial charge in [-0.25, -0.2) is 0 Å². The van der Waals surface area contributed by atoms with Gasteiger partial charge in [-0.2, -0.15) is 0 Å². The molecule has 1 aliphatic rings. The van der Waals surface area contributed by atoms with Crippen molar-refractivity contribution in [3.63, 3.8) is 0 Å². The first-order valence-electron chi connectivity index (χ1n) is 5.92. The Bertz CT molecular complexity index is 323. The molecule has 1 aliphatic heterocycles. The van der Waals surface area contributed by atoms with E-state index in [9.17, 15) is 14.4 Å². The summed E-state index contributed by atoms with van der Waals surface area (Å²) < 4.78 is 0. The van der Waals surface area contributed by atoms with Crippen LogP contribution in [0.2, 0.25) is 0 Å². The second kappa shape index (κ2) is 6.95. The molecule has 1 rings (SSSR count). The Labute approximate surface area is 105 Å². The van der Waals surface area contributed by atoms with Crippen LogP contribution in [0.5, 0.6) is 0 Å². The number of amides is 1. The lowest BCUT2D eigenvalue weighted by molar-refractivity contribution is -0.139. The molecule has 0 aromatic rings. The van der Waals surface area contributed by atoms with Gasteiger partial charge in [0.2, 0.25) is 5.91 Å². The van der Waals surface area contributed by atoms with Crippen LogP contribution in [-0.4, -0.2) is 59.1 Å². The summed E-state index contributed by atoms with van der Waals surface area (Å²) in [5, 5.41) is 19.7. The molecule has 7 nitrogen and oxygen atoms in total. The molecule has 0 radical (unpaired) electrons. The topological polar surface area (TPSA) is 107 Å². The Kier molecular flexibility index (Phi) is 5.57. The lowest BCUT2D eigenvalue weighted by atomic mass is 9.96. The van der Waals surface area contributed by atoms with E-state index in [2.05, 4.69) is 5.32 Å². The summed E-state index contributed by atoms with van der Waals surface area (Å²) in [7, 11) is 0. The van der Waals surface area contributed by atoms with Crippen LogP contribution in [0.25, 0.3) is 0 Å². The Hall–Kier alpha value is -1.63. The van der Waals surface area contributed by atoms with E-state index in [1.807, 2.05) is 0 Å². The first-order valence-corrected chi connectivity index (χ1v) is 5.92. The van der Waals surface area contributed by atoms with Crippen molar-refractivity contribution in [2.24, 2.45) is 5.92 Å². The van der Waals surface area contributed by atoms with Gasteiger partial charge in [0.05, 0.1) is 13.0 Å². The van der Waals surface area contributed by atoms with Crippen LogP contribution in [0.1, 0.15) is 19.3 Å². The molecule has 0 aromatic heterocycles. The summed E-state index contributed by atoms with van der Waals surface area (Å²) in [4.78, 5) is 34.3. The van der Waals surface area contributed by atoms with Crippen molar-refractivity contribution in [3.8, 4) is 0 Å². The zero-order chi connectivity index (χ0) is 13.5. The normalized spacial score (nSPS) is 17.3. The van der Waals surface area contributed by atoms with Crippen molar-refractivity contribution >= 4 is 17.8 Å². The Morgan fingerprint density at radius 3 is 2.22 bits per heavy atom. The van der Waals surface area contributed by atoms with E-state index in [0.717, 1.165) is 0 Å². The van der Waals surface area contributed by atoms with Crippen LogP contribution in [0.15, 0.2) is 0 Å². The SMILES string of the molecule is O=C(O)CCNC(=O)C1CCN(CC(=O)O)CC1. The first-order chi connectivity index (χ1) is 8.49. The van der Waals surface area contributed by atoms with E-state index in [-0.39, 0.29) is 31.3 Å². The molecule has 18 heavy (non-hydrogen) atoms. The highest BCUT2D eigenvalue weighted by Crippen LogP contribution is 2.16. The standard InChI is InChI=1S/C11H18N2O5/c14-9(15)1-4-12-11(18)8-2-5-13(6-3-8)7-10(16)17/h8H,1-7H2,(H,12,18)(H,14,15)(H,16,17). The molecule has 102 valence electrons. The number of carboxylic acid groups (broad SMARTS) is 2. The largest absolute Gasteiger partial charge is 0.481 e. The van der Waals surface area contributed by atoms with E-state index in [4.69, 9.17) is 10.2 Å². The number of nitrogens with one attached hydrogen (secondary N) is 1. The van der Waals surface area contributed by atoms with Gasteiger partial charge in [0, 0.05) is 12.5 Å². The lowest BCUT2D eigenvalue weighted by Crippen LogP contribution is -2.42. The molecular weight excluding hydrogens is 240 g/mol. The highest BCUT2D eigenvalue weighted by molar-refractivity contribution is 5.79. The van der Waals surface area contributed by atoms with Crippen molar-refractivity contribution in [1.29, 1.82) is 0 Å². The smallest absolute Gasteiger partial charge is 0.317 e. The molecule has 0 saturated carbocycles. The van der Waals surface area contributed by atoms with Gasteiger partial charge < -0.3 is 15.5 Å². The van der Waals surface area contributed by atoms with Crippen molar-refractivity contribution in [2.45, 2.75) is 19.3 Å². The zero-order valence-electron chi connectivity index (χ0n) is 10.1. The average molecular weight is 258 g/mol. The fraction of sp³-hybridized carbons (Fsp3) is 0.727. The third-order valence-corrected chi connectivity index (χ3v) is 2.96. The summed E-state index contributed by atoms with van der Waals surface area (Å²) >= 11 is 0. The highest BCUT2D eigenvalue weighted by atomic mass is 16.4. The number of aliphatic carboxylic acids is 2. The number of carbonyl (C=O) groups excluding carboxylic acids is 1. The van der Waals surface area contributed by atoms with E-state index >= 15 is 0 Å². The minimum atomic E-state index is -0.938. The number of likely N-dealkylation sites (tertiary alicyclic amines) is 1. The summed E-state index contributed by atoms with van der Waals surface area (Å²) in [5.41, 5.74) is 0. The molecule has 1 heterocycles. The van der Waals surface area contributed by atoms with E-state index in [1.54, 1.807) is 4.90 Å². The van der Waals surface area contributed by atoms with E-state index in [0.29, 0.717) is 25.9 Å². The number of carbonyl (C=O) groups is 3. The molecular formula is C11H18N2O5. The maximum Gasteiger partial charge on any atom is 0.317 e. The quantitative estimate of drug-likeness (QED) is 0.586. The molecule has 0 aliphatic carbocycles. The number of hydrogen-bond acceptors (Lipinski definition) is 4. The van der Waals surface area contributed by atoms with Crippen LogP contribution in [0, 0.1) is 5.92 Å². The van der Waals surface area contributed by atoms with Crippen molar-refractivity contribution in [1.82, 2.24) is 10.2 Å². The molecule has 7 heteroatoms. The van der Waals surface area contributed by atoms with Crippen molar-refractivity contribution in [2.75, 3.05) is 26.2 Å². The average Bonchev–Trinajstić information content (AvgIpc) is 2.28. The van der Waals surface area contributed by atoms with Gasteiger partial charge in [-0.3, -0.25) is 19.3 Å². The van der Waals surface area contributed by atoms with Crippen molar-refractivity contribution in [3.05, 3.63) is 0 Å². The number of piperidine rings is 1. The lowest BCUT2D eigenvalue weighted by Gasteiger charge is -2.29. The van der Waals surface area contributed by atoms with E-state index < -0.39 is 11.9 Å². The molecule has 0 atom stereocenters. The fourth-order valence-corrected chi connectivity index (χ4v) is 1.98. The predicted octanol–water partition coefficient (Wildman–Crippen LogP) is -0.626. The first kappa shape index (κ1) is 14.4.